The van der Waals surface area contributed by atoms with E-state index in [9.17, 15) is 18.5 Å². The Morgan fingerprint density at radius 3 is 2.82 bits per heavy atom. The number of hydrogen-bond donors (Lipinski definition) is 2. The average molecular weight is 323 g/mol. The molecule has 116 valence electrons. The molecule has 10 heteroatoms. The first-order valence-electron chi connectivity index (χ1n) is 6.40. The quantitative estimate of drug-likeness (QED) is 0.632. The number of aromatic nitrogens is 2. The number of nitro groups is 1. The minimum Gasteiger partial charge on any atom is -0.356 e. The van der Waals surface area contributed by atoms with Gasteiger partial charge in [-0.2, -0.15) is 5.10 Å². The van der Waals surface area contributed by atoms with E-state index in [1.165, 1.54) is 19.2 Å². The van der Waals surface area contributed by atoms with Gasteiger partial charge in [0.25, 0.3) is 5.69 Å². The number of fused-ring (bicyclic) bond motifs is 1. The third-order valence-electron chi connectivity index (χ3n) is 3.58. The molecule has 0 saturated heterocycles. The van der Waals surface area contributed by atoms with E-state index in [4.69, 9.17) is 0 Å². The van der Waals surface area contributed by atoms with Crippen LogP contribution >= 0.6 is 0 Å². The van der Waals surface area contributed by atoms with E-state index in [0.29, 0.717) is 18.8 Å². The second-order valence-corrected chi connectivity index (χ2v) is 6.73. The summed E-state index contributed by atoms with van der Waals surface area (Å²) < 4.78 is 25.7. The lowest BCUT2D eigenvalue weighted by Gasteiger charge is -2.18. The number of rotatable bonds is 4. The number of nitrogens with zero attached hydrogens (tertiary/aromatic N) is 3. The van der Waals surface area contributed by atoms with Crippen LogP contribution in [-0.4, -0.2) is 30.6 Å². The Labute approximate surface area is 126 Å². The lowest BCUT2D eigenvalue weighted by Crippen LogP contribution is -2.20. The van der Waals surface area contributed by atoms with Gasteiger partial charge in [0.05, 0.1) is 28.3 Å². The molecule has 22 heavy (non-hydrogen) atoms. The second-order valence-electron chi connectivity index (χ2n) is 4.85. The summed E-state index contributed by atoms with van der Waals surface area (Å²) in [5, 5.41) is 18.1. The maximum atomic E-state index is 11.8. The van der Waals surface area contributed by atoms with Crippen molar-refractivity contribution in [2.75, 3.05) is 11.9 Å². The number of benzene rings is 1. The van der Waals surface area contributed by atoms with Crippen LogP contribution in [0.4, 0.5) is 11.4 Å². The van der Waals surface area contributed by atoms with Gasteiger partial charge in [0, 0.05) is 18.2 Å². The highest BCUT2D eigenvalue weighted by atomic mass is 32.2. The number of nitrogens with one attached hydrogen (secondary N) is 2. The van der Waals surface area contributed by atoms with Crippen molar-refractivity contribution in [3.8, 4) is 0 Å². The molecule has 0 unspecified atom stereocenters. The number of anilines is 1. The molecule has 1 aliphatic rings. The highest BCUT2D eigenvalue weighted by molar-refractivity contribution is 7.89. The van der Waals surface area contributed by atoms with Gasteiger partial charge in [-0.05, 0) is 19.2 Å². The summed E-state index contributed by atoms with van der Waals surface area (Å²) in [4.78, 5) is 12.4. The summed E-state index contributed by atoms with van der Waals surface area (Å²) in [5.74, 6) is 0. The molecule has 2 aromatic rings. The molecule has 0 bridgehead atoms. The predicted octanol–water partition coefficient (Wildman–Crippen LogP) is 0.746. The molecule has 0 atom stereocenters. The van der Waals surface area contributed by atoms with E-state index in [-0.39, 0.29) is 10.6 Å². The molecule has 1 aliphatic heterocycles. The molecule has 2 N–H and O–H groups in total. The van der Waals surface area contributed by atoms with Crippen LogP contribution in [0.1, 0.15) is 11.3 Å². The van der Waals surface area contributed by atoms with Gasteiger partial charge in [-0.15, -0.1) is 0 Å². The van der Waals surface area contributed by atoms with Crippen LogP contribution < -0.4 is 9.62 Å². The van der Waals surface area contributed by atoms with Crippen molar-refractivity contribution < 1.29 is 13.3 Å². The molecule has 0 amide bonds. The van der Waals surface area contributed by atoms with Crippen LogP contribution in [0.25, 0.3) is 0 Å². The average Bonchev–Trinajstić information content (AvgIpc) is 3.07. The van der Waals surface area contributed by atoms with Gasteiger partial charge in [-0.25, -0.2) is 13.1 Å². The fourth-order valence-electron chi connectivity index (χ4n) is 2.44. The van der Waals surface area contributed by atoms with Gasteiger partial charge < -0.3 is 4.90 Å². The van der Waals surface area contributed by atoms with Crippen LogP contribution in [0.3, 0.4) is 0 Å². The number of hydrogen-bond acceptors (Lipinski definition) is 6. The van der Waals surface area contributed by atoms with Crippen molar-refractivity contribution in [1.29, 1.82) is 0 Å². The Bertz CT molecular complexity index is 824. The number of sulfonamides is 1. The first-order valence-corrected chi connectivity index (χ1v) is 7.89. The Morgan fingerprint density at radius 2 is 2.18 bits per heavy atom. The minimum atomic E-state index is -3.73. The highest BCUT2D eigenvalue weighted by Crippen LogP contribution is 2.35. The van der Waals surface area contributed by atoms with Gasteiger partial charge in [-0.1, -0.05) is 0 Å². The smallest absolute Gasteiger partial charge is 0.293 e. The largest absolute Gasteiger partial charge is 0.356 e. The van der Waals surface area contributed by atoms with E-state index in [2.05, 4.69) is 14.9 Å². The topological polar surface area (TPSA) is 121 Å². The van der Waals surface area contributed by atoms with E-state index in [1.54, 1.807) is 11.1 Å². The van der Waals surface area contributed by atoms with Gasteiger partial charge >= 0.3 is 0 Å². The van der Waals surface area contributed by atoms with Crippen molar-refractivity contribution in [1.82, 2.24) is 14.9 Å². The van der Waals surface area contributed by atoms with Crippen LogP contribution in [-0.2, 0) is 23.1 Å². The SMILES string of the molecule is CNS(=O)(=O)c1ccc(N2Cc3cn[nH]c3C2)c([N+](=O)[O-])c1. The van der Waals surface area contributed by atoms with Crippen molar-refractivity contribution in [3.05, 3.63) is 45.8 Å². The molecule has 0 spiro atoms. The monoisotopic (exact) mass is 323 g/mol. The zero-order valence-electron chi connectivity index (χ0n) is 11.6. The van der Waals surface area contributed by atoms with Crippen LogP contribution in [0.15, 0.2) is 29.3 Å². The van der Waals surface area contributed by atoms with Crippen molar-refractivity contribution in [3.63, 3.8) is 0 Å². The Balaban J connectivity index is 2.02. The minimum absolute atomic E-state index is 0.134. The number of aromatic amines is 1. The van der Waals surface area contributed by atoms with E-state index in [0.717, 1.165) is 17.3 Å². The number of H-pyrrole nitrogens is 1. The summed E-state index contributed by atoms with van der Waals surface area (Å²) in [6.07, 6.45) is 1.68. The van der Waals surface area contributed by atoms with Crippen molar-refractivity contribution in [2.45, 2.75) is 18.0 Å². The third-order valence-corrected chi connectivity index (χ3v) is 4.99. The van der Waals surface area contributed by atoms with Crippen LogP contribution in [0.5, 0.6) is 0 Å². The maximum Gasteiger partial charge on any atom is 0.293 e. The molecular formula is C12H13N5O4S. The molecule has 1 aromatic heterocycles. The lowest BCUT2D eigenvalue weighted by molar-refractivity contribution is -0.384. The molecule has 0 fully saturated rings. The van der Waals surface area contributed by atoms with Gasteiger partial charge in [0.15, 0.2) is 0 Å². The molecule has 0 saturated carbocycles. The Hall–Kier alpha value is -2.46. The maximum absolute atomic E-state index is 11.8. The summed E-state index contributed by atoms with van der Waals surface area (Å²) in [5.41, 5.74) is 2.02. The predicted molar refractivity (Wildman–Crippen MR) is 77.8 cm³/mol. The van der Waals surface area contributed by atoms with Gasteiger partial charge in [-0.3, -0.25) is 15.2 Å². The van der Waals surface area contributed by atoms with Crippen molar-refractivity contribution >= 4 is 21.4 Å². The van der Waals surface area contributed by atoms with Crippen LogP contribution in [0.2, 0.25) is 0 Å². The first-order chi connectivity index (χ1) is 10.4. The summed E-state index contributed by atoms with van der Waals surface area (Å²) >= 11 is 0. The zero-order chi connectivity index (χ0) is 15.9. The number of nitro benzene ring substituents is 1. The fourth-order valence-corrected chi connectivity index (χ4v) is 3.19. The Morgan fingerprint density at radius 1 is 1.41 bits per heavy atom. The van der Waals surface area contributed by atoms with E-state index < -0.39 is 14.9 Å². The molecule has 3 rings (SSSR count). The first kappa shape index (κ1) is 14.5. The van der Waals surface area contributed by atoms with E-state index >= 15 is 0 Å². The van der Waals surface area contributed by atoms with Crippen LogP contribution in [0, 0.1) is 10.1 Å². The zero-order valence-corrected chi connectivity index (χ0v) is 12.4. The lowest BCUT2D eigenvalue weighted by atomic mass is 10.2. The molecule has 1 aromatic carbocycles. The summed E-state index contributed by atoms with van der Waals surface area (Å²) in [6.45, 7) is 0.957. The molecular weight excluding hydrogens is 310 g/mol. The van der Waals surface area contributed by atoms with Gasteiger partial charge in [0.2, 0.25) is 10.0 Å². The van der Waals surface area contributed by atoms with Crippen molar-refractivity contribution in [2.24, 2.45) is 0 Å². The summed E-state index contributed by atoms with van der Waals surface area (Å²) in [7, 11) is -2.47. The molecule has 0 radical (unpaired) electrons. The standard InChI is InChI=1S/C12H13N5O4S/c1-13-22(20,21)9-2-3-11(12(4-9)17(18)19)16-6-8-5-14-15-10(8)7-16/h2-5,13H,6-7H2,1H3,(H,14,15). The molecule has 0 aliphatic carbocycles. The van der Waals surface area contributed by atoms with E-state index in [1.807, 2.05) is 0 Å². The third kappa shape index (κ3) is 2.31. The normalized spacial score (nSPS) is 14.1. The molecule has 9 nitrogen and oxygen atoms in total. The fraction of sp³-hybridized carbons (Fsp3) is 0.250. The highest BCUT2D eigenvalue weighted by Gasteiger charge is 2.28. The molecule has 2 heterocycles. The van der Waals surface area contributed by atoms with Gasteiger partial charge in [0.1, 0.15) is 5.69 Å². The second kappa shape index (κ2) is 5.07. The summed E-state index contributed by atoms with van der Waals surface area (Å²) in [6, 6.07) is 3.90. The Kier molecular flexibility index (Phi) is 3.34.